The minimum absolute atomic E-state index is 0.0738. The molecule has 1 aliphatic heterocycles. The molecule has 4 rings (SSSR count). The molecule has 0 N–H and O–H groups in total. The first kappa shape index (κ1) is 17.5. The van der Waals surface area contributed by atoms with Gasteiger partial charge in [0.15, 0.2) is 0 Å². The summed E-state index contributed by atoms with van der Waals surface area (Å²) in [6, 6.07) is 14.3. The maximum atomic E-state index is 12.5. The highest BCUT2D eigenvalue weighted by Gasteiger charge is 2.35. The van der Waals surface area contributed by atoms with Crippen molar-refractivity contribution in [1.29, 1.82) is 0 Å². The van der Waals surface area contributed by atoms with Crippen LogP contribution in [0.3, 0.4) is 0 Å². The van der Waals surface area contributed by atoms with E-state index in [0.29, 0.717) is 24.7 Å². The van der Waals surface area contributed by atoms with Crippen LogP contribution in [0.15, 0.2) is 47.0 Å². The molecule has 0 spiro atoms. The molecule has 5 nitrogen and oxygen atoms in total. The number of rotatable bonds is 4. The van der Waals surface area contributed by atoms with Crippen LogP contribution >= 0.6 is 0 Å². The zero-order valence-corrected chi connectivity index (χ0v) is 15.9. The van der Waals surface area contributed by atoms with Crippen LogP contribution in [0.4, 0.5) is 5.69 Å². The van der Waals surface area contributed by atoms with Gasteiger partial charge in [-0.2, -0.15) is 4.98 Å². The maximum Gasteiger partial charge on any atom is 0.232 e. The smallest absolute Gasteiger partial charge is 0.232 e. The molecule has 138 valence electrons. The molecule has 1 unspecified atom stereocenters. The normalized spacial score (nSPS) is 16.9. The van der Waals surface area contributed by atoms with Crippen molar-refractivity contribution in [3.8, 4) is 11.4 Å². The second-order valence-electron chi connectivity index (χ2n) is 7.18. The molecule has 27 heavy (non-hydrogen) atoms. The second-order valence-corrected chi connectivity index (χ2v) is 7.18. The molecule has 0 bridgehead atoms. The van der Waals surface area contributed by atoms with E-state index in [4.69, 9.17) is 4.52 Å². The Hall–Kier alpha value is -2.95. The monoisotopic (exact) mass is 361 g/mol. The summed E-state index contributed by atoms with van der Waals surface area (Å²) in [5, 5.41) is 4.12. The van der Waals surface area contributed by atoms with Crippen molar-refractivity contribution in [2.75, 3.05) is 11.4 Å². The van der Waals surface area contributed by atoms with Crippen LogP contribution in [-0.2, 0) is 11.2 Å². The number of amides is 1. The molecule has 1 saturated heterocycles. The van der Waals surface area contributed by atoms with Gasteiger partial charge in [0, 0.05) is 24.2 Å². The first-order valence-electron chi connectivity index (χ1n) is 9.35. The van der Waals surface area contributed by atoms with Gasteiger partial charge in [-0.1, -0.05) is 42.4 Å². The lowest BCUT2D eigenvalue weighted by Gasteiger charge is -2.17. The summed E-state index contributed by atoms with van der Waals surface area (Å²) >= 11 is 0. The van der Waals surface area contributed by atoms with E-state index >= 15 is 0 Å². The van der Waals surface area contributed by atoms with E-state index in [2.05, 4.69) is 55.2 Å². The van der Waals surface area contributed by atoms with Crippen LogP contribution in [0.25, 0.3) is 11.4 Å². The second kappa shape index (κ2) is 6.99. The van der Waals surface area contributed by atoms with E-state index in [9.17, 15) is 4.79 Å². The van der Waals surface area contributed by atoms with Crippen molar-refractivity contribution in [1.82, 2.24) is 10.1 Å². The Morgan fingerprint density at radius 1 is 1.11 bits per heavy atom. The average molecular weight is 361 g/mol. The van der Waals surface area contributed by atoms with Gasteiger partial charge in [0.25, 0.3) is 0 Å². The average Bonchev–Trinajstić information content (AvgIpc) is 3.31. The van der Waals surface area contributed by atoms with Gasteiger partial charge in [-0.15, -0.1) is 0 Å². The highest BCUT2D eigenvalue weighted by Crippen LogP contribution is 2.32. The van der Waals surface area contributed by atoms with Crippen molar-refractivity contribution in [2.45, 2.75) is 39.5 Å². The van der Waals surface area contributed by atoms with Crippen LogP contribution in [0.5, 0.6) is 0 Å². The number of carbonyl (C=O) groups is 1. The molecule has 1 fully saturated rings. The van der Waals surface area contributed by atoms with E-state index in [-0.39, 0.29) is 11.8 Å². The van der Waals surface area contributed by atoms with Gasteiger partial charge in [-0.3, -0.25) is 4.79 Å². The molecule has 1 aliphatic rings. The number of aromatic nitrogens is 2. The summed E-state index contributed by atoms with van der Waals surface area (Å²) in [6.45, 7) is 6.82. The molecule has 0 saturated carbocycles. The molecule has 2 heterocycles. The third-order valence-corrected chi connectivity index (χ3v) is 5.34. The highest BCUT2D eigenvalue weighted by molar-refractivity contribution is 5.96. The largest absolute Gasteiger partial charge is 0.339 e. The summed E-state index contributed by atoms with van der Waals surface area (Å²) in [5.74, 6) is 1.12. The molecule has 0 aliphatic carbocycles. The summed E-state index contributed by atoms with van der Waals surface area (Å²) in [4.78, 5) is 18.9. The van der Waals surface area contributed by atoms with Gasteiger partial charge in [0.05, 0.1) is 5.92 Å². The Balaban J connectivity index is 1.53. The minimum atomic E-state index is -0.0738. The zero-order chi connectivity index (χ0) is 19.0. The summed E-state index contributed by atoms with van der Waals surface area (Å²) in [5.41, 5.74) is 5.53. The van der Waals surface area contributed by atoms with Crippen molar-refractivity contribution >= 4 is 11.6 Å². The zero-order valence-electron chi connectivity index (χ0n) is 15.9. The Kier molecular flexibility index (Phi) is 4.52. The molecule has 2 aromatic carbocycles. The van der Waals surface area contributed by atoms with Crippen molar-refractivity contribution < 1.29 is 9.32 Å². The molecular formula is C22H23N3O2. The number of carbonyl (C=O) groups excluding carboxylic acids is 1. The number of anilines is 1. The molecule has 5 heteroatoms. The minimum Gasteiger partial charge on any atom is -0.339 e. The van der Waals surface area contributed by atoms with Gasteiger partial charge >= 0.3 is 0 Å². The molecule has 0 radical (unpaired) electrons. The topological polar surface area (TPSA) is 59.2 Å². The molecule has 1 aromatic heterocycles. The van der Waals surface area contributed by atoms with Crippen molar-refractivity contribution in [3.05, 3.63) is 65.0 Å². The van der Waals surface area contributed by atoms with E-state index in [0.717, 1.165) is 17.7 Å². The van der Waals surface area contributed by atoms with E-state index in [1.165, 1.54) is 16.7 Å². The van der Waals surface area contributed by atoms with Gasteiger partial charge in [0.1, 0.15) is 0 Å². The molecule has 1 amide bonds. The molecular weight excluding hydrogens is 338 g/mol. The maximum absolute atomic E-state index is 12.5. The fourth-order valence-electron chi connectivity index (χ4n) is 3.42. The van der Waals surface area contributed by atoms with Gasteiger partial charge < -0.3 is 9.42 Å². The summed E-state index contributed by atoms with van der Waals surface area (Å²) < 4.78 is 5.49. The lowest BCUT2D eigenvalue weighted by atomic mass is 10.1. The first-order chi connectivity index (χ1) is 13.0. The fourth-order valence-corrected chi connectivity index (χ4v) is 3.42. The number of hydrogen-bond donors (Lipinski definition) is 0. The predicted molar refractivity (Wildman–Crippen MR) is 105 cm³/mol. The number of nitrogens with zero attached hydrogens (tertiary/aromatic N) is 3. The quantitative estimate of drug-likeness (QED) is 0.689. The Morgan fingerprint density at radius 3 is 2.59 bits per heavy atom. The first-order valence-corrected chi connectivity index (χ1v) is 9.35. The fraction of sp³-hybridized carbons (Fsp3) is 0.318. The molecule has 3 aromatic rings. The Morgan fingerprint density at radius 2 is 1.89 bits per heavy atom. The van der Waals surface area contributed by atoms with Gasteiger partial charge in [0.2, 0.25) is 17.6 Å². The number of benzene rings is 2. The number of hydrogen-bond acceptors (Lipinski definition) is 4. The van der Waals surface area contributed by atoms with Crippen LogP contribution in [0.1, 0.15) is 41.8 Å². The summed E-state index contributed by atoms with van der Waals surface area (Å²) in [7, 11) is 0. The van der Waals surface area contributed by atoms with E-state index < -0.39 is 0 Å². The van der Waals surface area contributed by atoms with Crippen molar-refractivity contribution in [2.24, 2.45) is 0 Å². The number of aryl methyl sites for hydroxylation is 3. The van der Waals surface area contributed by atoms with E-state index in [1.807, 2.05) is 23.1 Å². The highest BCUT2D eigenvalue weighted by atomic mass is 16.5. The molecule has 1 atom stereocenters. The summed E-state index contributed by atoms with van der Waals surface area (Å²) in [6.07, 6.45) is 1.39. The lowest BCUT2D eigenvalue weighted by molar-refractivity contribution is -0.117. The van der Waals surface area contributed by atoms with E-state index in [1.54, 1.807) is 0 Å². The van der Waals surface area contributed by atoms with Crippen LogP contribution < -0.4 is 4.90 Å². The predicted octanol–water partition coefficient (Wildman–Crippen LogP) is 4.44. The van der Waals surface area contributed by atoms with Crippen LogP contribution in [-0.4, -0.2) is 22.6 Å². The van der Waals surface area contributed by atoms with Gasteiger partial charge in [-0.25, -0.2) is 0 Å². The van der Waals surface area contributed by atoms with Gasteiger partial charge in [-0.05, 0) is 49.1 Å². The third kappa shape index (κ3) is 3.37. The third-order valence-electron chi connectivity index (χ3n) is 5.34. The lowest BCUT2D eigenvalue weighted by Crippen LogP contribution is -2.24. The van der Waals surface area contributed by atoms with Crippen molar-refractivity contribution in [3.63, 3.8) is 0 Å². The van der Waals surface area contributed by atoms with Crippen LogP contribution in [0, 0.1) is 13.8 Å². The SMILES string of the molecule is CCc1ccc(-c2noc(C3CC(=O)N(c4ccc(C)c(C)c4)C3)n2)cc1. The van der Waals surface area contributed by atoms with Crippen LogP contribution in [0.2, 0.25) is 0 Å². The Bertz CT molecular complexity index is 975. The Labute approximate surface area is 159 Å². The standard InChI is InChI=1S/C22H23N3O2/c1-4-16-6-8-17(9-7-16)21-23-22(27-24-21)18-12-20(26)25(13-18)19-10-5-14(2)15(3)11-19/h5-11,18H,4,12-13H2,1-3H3.